The lowest BCUT2D eigenvalue weighted by Gasteiger charge is -2.28. The molecule has 3 rings (SSSR count). The van der Waals surface area contributed by atoms with Crippen molar-refractivity contribution in [3.63, 3.8) is 0 Å². The van der Waals surface area contributed by atoms with E-state index in [9.17, 15) is 9.90 Å². The Morgan fingerprint density at radius 3 is 2.00 bits per heavy atom. The Kier molecular flexibility index (Phi) is 6.88. The summed E-state index contributed by atoms with van der Waals surface area (Å²) in [6, 6.07) is 22.1. The van der Waals surface area contributed by atoms with Crippen molar-refractivity contribution in [3.8, 4) is 5.75 Å². The summed E-state index contributed by atoms with van der Waals surface area (Å²) in [7, 11) is 0. The second kappa shape index (κ2) is 9.58. The smallest absolute Gasteiger partial charge is 0.281 e. The van der Waals surface area contributed by atoms with E-state index in [-0.39, 0.29) is 0 Å². The van der Waals surface area contributed by atoms with E-state index < -0.39 is 11.5 Å². The van der Waals surface area contributed by atoms with E-state index in [1.165, 1.54) is 0 Å². The van der Waals surface area contributed by atoms with Crippen molar-refractivity contribution in [1.82, 2.24) is 5.43 Å². The van der Waals surface area contributed by atoms with Crippen LogP contribution in [0, 0.1) is 13.8 Å². The lowest BCUT2D eigenvalue weighted by molar-refractivity contribution is -0.136. The zero-order chi connectivity index (χ0) is 22.4. The van der Waals surface area contributed by atoms with Crippen LogP contribution in [-0.2, 0) is 10.4 Å². The summed E-state index contributed by atoms with van der Waals surface area (Å²) in [5.74, 6) is 0.158. The highest BCUT2D eigenvalue weighted by molar-refractivity contribution is 6.00. The summed E-state index contributed by atoms with van der Waals surface area (Å²) >= 11 is 0. The molecule has 5 nitrogen and oxygen atoms in total. The number of ether oxygens (including phenoxy) is 1. The molecule has 0 aliphatic carbocycles. The summed E-state index contributed by atoms with van der Waals surface area (Å²) in [4.78, 5) is 13.3. The number of amides is 1. The molecule has 3 aromatic carbocycles. The number of aryl methyl sites for hydroxylation is 2. The highest BCUT2D eigenvalue weighted by Crippen LogP contribution is 2.31. The van der Waals surface area contributed by atoms with Gasteiger partial charge in [0.15, 0.2) is 5.60 Å². The van der Waals surface area contributed by atoms with Gasteiger partial charge in [0, 0.05) is 0 Å². The molecule has 31 heavy (non-hydrogen) atoms. The predicted octanol–water partition coefficient (Wildman–Crippen LogP) is 4.48. The molecule has 0 saturated carbocycles. The number of hydrogen-bond acceptors (Lipinski definition) is 4. The number of rotatable bonds is 7. The molecule has 0 heterocycles. The highest BCUT2D eigenvalue weighted by Gasteiger charge is 2.40. The first-order valence-corrected chi connectivity index (χ1v) is 10.3. The van der Waals surface area contributed by atoms with Gasteiger partial charge < -0.3 is 9.84 Å². The molecule has 0 aliphatic heterocycles. The van der Waals surface area contributed by atoms with Crippen LogP contribution in [0.5, 0.6) is 5.75 Å². The minimum atomic E-state index is -1.87. The average molecular weight is 417 g/mol. The van der Waals surface area contributed by atoms with Crippen LogP contribution in [0.1, 0.15) is 41.7 Å². The van der Waals surface area contributed by atoms with E-state index in [0.29, 0.717) is 23.4 Å². The molecule has 160 valence electrons. The van der Waals surface area contributed by atoms with Crippen molar-refractivity contribution in [3.05, 3.63) is 101 Å². The maximum atomic E-state index is 13.3. The van der Waals surface area contributed by atoms with Gasteiger partial charge in [-0.2, -0.15) is 5.10 Å². The molecule has 0 spiro atoms. The minimum Gasteiger partial charge on any atom is -0.494 e. The SMILES string of the molecule is CCOc1ccc(/C(C)=N/NC(=O)C(O)(c2cccc(C)c2)c2cccc(C)c2)cc1. The molecule has 0 aliphatic rings. The summed E-state index contributed by atoms with van der Waals surface area (Å²) in [6.07, 6.45) is 0. The molecule has 2 N–H and O–H groups in total. The van der Waals surface area contributed by atoms with Gasteiger partial charge in [-0.3, -0.25) is 4.79 Å². The van der Waals surface area contributed by atoms with Crippen LogP contribution in [-0.4, -0.2) is 23.3 Å². The molecule has 0 saturated heterocycles. The Hall–Kier alpha value is -3.44. The fraction of sp³-hybridized carbons (Fsp3) is 0.231. The third-order valence-electron chi connectivity index (χ3n) is 5.11. The topological polar surface area (TPSA) is 70.9 Å². The summed E-state index contributed by atoms with van der Waals surface area (Å²) in [6.45, 7) is 8.17. The molecule has 0 unspecified atom stereocenters. The van der Waals surface area contributed by atoms with Crippen molar-refractivity contribution in [2.45, 2.75) is 33.3 Å². The Balaban J connectivity index is 1.92. The lowest BCUT2D eigenvalue weighted by Crippen LogP contribution is -2.44. The molecular weight excluding hydrogens is 388 g/mol. The fourth-order valence-electron chi connectivity index (χ4n) is 3.41. The van der Waals surface area contributed by atoms with Crippen LogP contribution < -0.4 is 10.2 Å². The summed E-state index contributed by atoms with van der Waals surface area (Å²) in [5, 5.41) is 15.9. The number of nitrogens with one attached hydrogen (secondary N) is 1. The van der Waals surface area contributed by atoms with Crippen molar-refractivity contribution in [2.24, 2.45) is 5.10 Å². The van der Waals surface area contributed by atoms with E-state index in [1.54, 1.807) is 19.1 Å². The fourth-order valence-corrected chi connectivity index (χ4v) is 3.41. The number of nitrogens with zero attached hydrogens (tertiary/aromatic N) is 1. The largest absolute Gasteiger partial charge is 0.494 e. The monoisotopic (exact) mass is 416 g/mol. The highest BCUT2D eigenvalue weighted by atomic mass is 16.5. The molecule has 0 fully saturated rings. The van der Waals surface area contributed by atoms with Gasteiger partial charge in [-0.05, 0) is 68.7 Å². The second-order valence-corrected chi connectivity index (χ2v) is 7.54. The third-order valence-corrected chi connectivity index (χ3v) is 5.11. The molecule has 0 atom stereocenters. The van der Waals surface area contributed by atoms with Gasteiger partial charge in [0.2, 0.25) is 0 Å². The molecule has 3 aromatic rings. The van der Waals surface area contributed by atoms with Crippen molar-refractivity contribution >= 4 is 11.6 Å². The first kappa shape index (κ1) is 22.2. The Bertz CT molecular complexity index is 1040. The summed E-state index contributed by atoms with van der Waals surface area (Å²) in [5.41, 5.74) is 5.03. The van der Waals surface area contributed by atoms with E-state index in [1.807, 2.05) is 81.4 Å². The van der Waals surface area contributed by atoms with Gasteiger partial charge >= 0.3 is 0 Å². The first-order valence-electron chi connectivity index (χ1n) is 10.3. The van der Waals surface area contributed by atoms with Crippen LogP contribution in [0.3, 0.4) is 0 Å². The molecule has 0 aromatic heterocycles. The van der Waals surface area contributed by atoms with Crippen molar-refractivity contribution < 1.29 is 14.6 Å². The van der Waals surface area contributed by atoms with Gasteiger partial charge in [0.1, 0.15) is 5.75 Å². The van der Waals surface area contributed by atoms with E-state index in [0.717, 1.165) is 22.4 Å². The normalized spacial score (nSPS) is 11.8. The number of hydrazone groups is 1. The van der Waals surface area contributed by atoms with Gasteiger partial charge in [0.25, 0.3) is 5.91 Å². The van der Waals surface area contributed by atoms with Crippen molar-refractivity contribution in [2.75, 3.05) is 6.61 Å². The van der Waals surface area contributed by atoms with Crippen LogP contribution >= 0.6 is 0 Å². The minimum absolute atomic E-state index is 0.490. The average Bonchev–Trinajstić information content (AvgIpc) is 2.77. The molecule has 0 bridgehead atoms. The zero-order valence-electron chi connectivity index (χ0n) is 18.3. The van der Waals surface area contributed by atoms with Crippen LogP contribution in [0.25, 0.3) is 0 Å². The van der Waals surface area contributed by atoms with E-state index in [2.05, 4.69) is 10.5 Å². The van der Waals surface area contributed by atoms with Crippen molar-refractivity contribution in [1.29, 1.82) is 0 Å². The molecule has 1 amide bonds. The molecule has 5 heteroatoms. The number of aliphatic hydroxyl groups is 1. The second-order valence-electron chi connectivity index (χ2n) is 7.54. The van der Waals surface area contributed by atoms with Gasteiger partial charge in [0.05, 0.1) is 12.3 Å². The third kappa shape index (κ3) is 5.01. The first-order chi connectivity index (χ1) is 14.8. The number of benzene rings is 3. The lowest BCUT2D eigenvalue weighted by atomic mass is 9.84. The van der Waals surface area contributed by atoms with Gasteiger partial charge in [-0.1, -0.05) is 59.7 Å². The molecule has 0 radical (unpaired) electrons. The van der Waals surface area contributed by atoms with Crippen LogP contribution in [0.15, 0.2) is 77.9 Å². The van der Waals surface area contributed by atoms with Crippen LogP contribution in [0.4, 0.5) is 0 Å². The predicted molar refractivity (Wildman–Crippen MR) is 123 cm³/mol. The van der Waals surface area contributed by atoms with Gasteiger partial charge in [-0.25, -0.2) is 5.43 Å². The number of carbonyl (C=O) groups is 1. The Morgan fingerprint density at radius 1 is 0.968 bits per heavy atom. The van der Waals surface area contributed by atoms with Gasteiger partial charge in [-0.15, -0.1) is 0 Å². The Labute approximate surface area is 183 Å². The van der Waals surface area contributed by atoms with E-state index >= 15 is 0 Å². The molecular formula is C26H28N2O3. The number of hydrogen-bond donors (Lipinski definition) is 2. The van der Waals surface area contributed by atoms with Crippen LogP contribution in [0.2, 0.25) is 0 Å². The number of carbonyl (C=O) groups excluding carboxylic acids is 1. The quantitative estimate of drug-likeness (QED) is 0.441. The van der Waals surface area contributed by atoms with E-state index in [4.69, 9.17) is 4.74 Å². The standard InChI is InChI=1S/C26H28N2O3/c1-5-31-24-14-12-21(13-15-24)20(4)27-28-25(29)26(30,22-10-6-8-18(2)16-22)23-11-7-9-19(3)17-23/h6-17,30H,5H2,1-4H3,(H,28,29)/b27-20+. The maximum Gasteiger partial charge on any atom is 0.281 e. The Morgan fingerprint density at radius 2 is 1.52 bits per heavy atom. The summed E-state index contributed by atoms with van der Waals surface area (Å²) < 4.78 is 5.46. The maximum absolute atomic E-state index is 13.3. The zero-order valence-corrected chi connectivity index (χ0v) is 18.3.